The van der Waals surface area contributed by atoms with Crippen LogP contribution in [0.2, 0.25) is 0 Å². The Bertz CT molecular complexity index is 444. The number of carbonyl (C=O) groups excluding carboxylic acids is 2. The molecule has 3 rings (SSSR count). The number of nitrogens with zero attached hydrogens (tertiary/aromatic N) is 2. The highest BCUT2D eigenvalue weighted by atomic mass is 16.5. The normalized spacial score (nSPS) is 27.5. The van der Waals surface area contributed by atoms with Crippen LogP contribution < -0.4 is 5.32 Å². The number of ether oxygens (including phenoxy) is 1. The highest BCUT2D eigenvalue weighted by Crippen LogP contribution is 2.35. The number of nitrogens with one attached hydrogen (secondary N) is 1. The van der Waals surface area contributed by atoms with Gasteiger partial charge in [-0.05, 0) is 25.2 Å². The average Bonchev–Trinajstić information content (AvgIpc) is 3.28. The zero-order valence-corrected chi connectivity index (χ0v) is 13.6. The molecule has 3 aliphatic rings. The molecule has 0 aromatic carbocycles. The van der Waals surface area contributed by atoms with Crippen molar-refractivity contribution in [2.75, 3.05) is 39.8 Å². The summed E-state index contributed by atoms with van der Waals surface area (Å²) >= 11 is 0. The molecule has 0 bridgehead atoms. The summed E-state index contributed by atoms with van der Waals surface area (Å²) in [6.07, 6.45) is 4.04. The molecular formula is C16H27N3O3. The van der Waals surface area contributed by atoms with Gasteiger partial charge in [-0.25, -0.2) is 0 Å². The van der Waals surface area contributed by atoms with Gasteiger partial charge in [-0.15, -0.1) is 0 Å². The first-order valence-corrected chi connectivity index (χ1v) is 8.44. The molecule has 6 heteroatoms. The molecule has 1 saturated carbocycles. The van der Waals surface area contributed by atoms with Crippen LogP contribution in [0.25, 0.3) is 0 Å². The largest absolute Gasteiger partial charge is 0.368 e. The summed E-state index contributed by atoms with van der Waals surface area (Å²) in [5, 5.41) is 2.74. The molecule has 22 heavy (non-hydrogen) atoms. The predicted octanol–water partition coefficient (Wildman–Crippen LogP) is 0.224. The molecule has 2 heterocycles. The summed E-state index contributed by atoms with van der Waals surface area (Å²) in [4.78, 5) is 28.2. The molecule has 0 aromatic heterocycles. The lowest BCUT2D eigenvalue weighted by atomic mass is 9.89. The average molecular weight is 309 g/mol. The van der Waals surface area contributed by atoms with E-state index in [1.54, 1.807) is 7.05 Å². The minimum atomic E-state index is -0.247. The standard InChI is InChI=1S/C16H27N3O3/c1-3-4-14(20)19-10-16(11-19)9-18(7-12-5-6-12)13(8-22-16)15(21)17-2/h12-13H,3-11H2,1-2H3,(H,17,21). The Morgan fingerprint density at radius 3 is 2.59 bits per heavy atom. The minimum Gasteiger partial charge on any atom is -0.368 e. The van der Waals surface area contributed by atoms with E-state index >= 15 is 0 Å². The number of likely N-dealkylation sites (N-methyl/N-ethyl adjacent to an activating group) is 1. The zero-order valence-electron chi connectivity index (χ0n) is 13.6. The lowest BCUT2D eigenvalue weighted by Crippen LogP contribution is -2.73. The molecule has 1 unspecified atom stereocenters. The van der Waals surface area contributed by atoms with Gasteiger partial charge in [-0.2, -0.15) is 0 Å². The third-order valence-electron chi connectivity index (χ3n) is 4.99. The van der Waals surface area contributed by atoms with Crippen molar-refractivity contribution in [3.8, 4) is 0 Å². The van der Waals surface area contributed by atoms with E-state index in [0.29, 0.717) is 26.1 Å². The van der Waals surface area contributed by atoms with Crippen LogP contribution in [0.15, 0.2) is 0 Å². The van der Waals surface area contributed by atoms with Gasteiger partial charge < -0.3 is 15.0 Å². The van der Waals surface area contributed by atoms with Crippen LogP contribution >= 0.6 is 0 Å². The first-order chi connectivity index (χ1) is 10.6. The Labute approximate surface area is 132 Å². The second-order valence-corrected chi connectivity index (χ2v) is 7.00. The summed E-state index contributed by atoms with van der Waals surface area (Å²) in [6, 6.07) is -0.184. The Kier molecular flexibility index (Phi) is 4.41. The molecule has 1 atom stereocenters. The number of hydrogen-bond donors (Lipinski definition) is 1. The quantitative estimate of drug-likeness (QED) is 0.789. The summed E-state index contributed by atoms with van der Waals surface area (Å²) in [7, 11) is 1.68. The smallest absolute Gasteiger partial charge is 0.239 e. The van der Waals surface area contributed by atoms with E-state index < -0.39 is 0 Å². The van der Waals surface area contributed by atoms with Crippen molar-refractivity contribution in [1.82, 2.24) is 15.1 Å². The molecule has 2 saturated heterocycles. The van der Waals surface area contributed by atoms with E-state index in [4.69, 9.17) is 4.74 Å². The lowest BCUT2D eigenvalue weighted by molar-refractivity contribution is -0.204. The second-order valence-electron chi connectivity index (χ2n) is 7.00. The fraction of sp³-hybridized carbons (Fsp3) is 0.875. The molecule has 0 radical (unpaired) electrons. The molecule has 1 aliphatic carbocycles. The van der Waals surface area contributed by atoms with Crippen LogP contribution in [0.3, 0.4) is 0 Å². The van der Waals surface area contributed by atoms with Crippen LogP contribution in [0, 0.1) is 5.92 Å². The van der Waals surface area contributed by atoms with E-state index in [9.17, 15) is 9.59 Å². The van der Waals surface area contributed by atoms with Crippen LogP contribution in [-0.4, -0.2) is 73.1 Å². The Hall–Kier alpha value is -1.14. The minimum absolute atomic E-state index is 0.0359. The Morgan fingerprint density at radius 2 is 2.00 bits per heavy atom. The fourth-order valence-corrected chi connectivity index (χ4v) is 3.51. The molecule has 1 spiro atoms. The van der Waals surface area contributed by atoms with E-state index in [0.717, 1.165) is 25.4 Å². The molecule has 1 N–H and O–H groups in total. The maximum absolute atomic E-state index is 12.1. The van der Waals surface area contributed by atoms with Crippen LogP contribution in [0.5, 0.6) is 0 Å². The van der Waals surface area contributed by atoms with Crippen LogP contribution in [0.1, 0.15) is 32.6 Å². The number of likely N-dealkylation sites (tertiary alicyclic amines) is 1. The van der Waals surface area contributed by atoms with E-state index in [1.165, 1.54) is 12.8 Å². The molecule has 2 aliphatic heterocycles. The fourth-order valence-electron chi connectivity index (χ4n) is 3.51. The summed E-state index contributed by atoms with van der Waals surface area (Å²) in [5.74, 6) is 0.993. The second kappa shape index (κ2) is 6.16. The lowest BCUT2D eigenvalue weighted by Gasteiger charge is -2.55. The van der Waals surface area contributed by atoms with Crippen molar-refractivity contribution < 1.29 is 14.3 Å². The third-order valence-corrected chi connectivity index (χ3v) is 4.99. The van der Waals surface area contributed by atoms with Crippen molar-refractivity contribution in [2.24, 2.45) is 5.92 Å². The third kappa shape index (κ3) is 3.13. The van der Waals surface area contributed by atoms with Crippen LogP contribution in [-0.2, 0) is 14.3 Å². The molecule has 2 amide bonds. The van der Waals surface area contributed by atoms with Gasteiger partial charge in [0.05, 0.1) is 19.7 Å². The highest BCUT2D eigenvalue weighted by Gasteiger charge is 2.52. The van der Waals surface area contributed by atoms with E-state index in [-0.39, 0.29) is 23.5 Å². The van der Waals surface area contributed by atoms with Gasteiger partial charge in [0.2, 0.25) is 11.8 Å². The summed E-state index contributed by atoms with van der Waals surface area (Å²) < 4.78 is 6.03. The maximum Gasteiger partial charge on any atom is 0.239 e. The Morgan fingerprint density at radius 1 is 1.27 bits per heavy atom. The van der Waals surface area contributed by atoms with Gasteiger partial charge in [0.1, 0.15) is 11.6 Å². The molecule has 6 nitrogen and oxygen atoms in total. The van der Waals surface area contributed by atoms with Crippen molar-refractivity contribution in [1.29, 1.82) is 0 Å². The number of morpholine rings is 1. The highest BCUT2D eigenvalue weighted by molar-refractivity contribution is 5.82. The summed E-state index contributed by atoms with van der Waals surface area (Å²) in [6.45, 7) is 5.54. The molecular weight excluding hydrogens is 282 g/mol. The first-order valence-electron chi connectivity index (χ1n) is 8.44. The van der Waals surface area contributed by atoms with Crippen molar-refractivity contribution in [3.05, 3.63) is 0 Å². The van der Waals surface area contributed by atoms with Gasteiger partial charge in [0, 0.05) is 26.6 Å². The molecule has 124 valence electrons. The number of amides is 2. The first kappa shape index (κ1) is 15.7. The summed E-state index contributed by atoms with van der Waals surface area (Å²) in [5.41, 5.74) is -0.247. The van der Waals surface area contributed by atoms with Gasteiger partial charge in [-0.1, -0.05) is 6.92 Å². The SMILES string of the molecule is CCCC(=O)N1CC2(C1)CN(CC1CC1)C(C(=O)NC)CO2. The van der Waals surface area contributed by atoms with Gasteiger partial charge in [-0.3, -0.25) is 14.5 Å². The van der Waals surface area contributed by atoms with Gasteiger partial charge in [0.25, 0.3) is 0 Å². The Balaban J connectivity index is 1.60. The van der Waals surface area contributed by atoms with Crippen LogP contribution in [0.4, 0.5) is 0 Å². The van der Waals surface area contributed by atoms with Gasteiger partial charge >= 0.3 is 0 Å². The number of carbonyl (C=O) groups is 2. The van der Waals surface area contributed by atoms with E-state index in [2.05, 4.69) is 10.2 Å². The number of hydrogen-bond acceptors (Lipinski definition) is 4. The molecule has 0 aromatic rings. The van der Waals surface area contributed by atoms with Crippen molar-refractivity contribution >= 4 is 11.8 Å². The van der Waals surface area contributed by atoms with E-state index in [1.807, 2.05) is 11.8 Å². The maximum atomic E-state index is 12.1. The monoisotopic (exact) mass is 309 g/mol. The number of rotatable bonds is 5. The molecule has 3 fully saturated rings. The van der Waals surface area contributed by atoms with Gasteiger partial charge in [0.15, 0.2) is 0 Å². The van der Waals surface area contributed by atoms with Crippen molar-refractivity contribution in [3.63, 3.8) is 0 Å². The van der Waals surface area contributed by atoms with Crippen molar-refractivity contribution in [2.45, 2.75) is 44.2 Å². The topological polar surface area (TPSA) is 61.9 Å². The zero-order chi connectivity index (χ0) is 15.7. The predicted molar refractivity (Wildman–Crippen MR) is 82.3 cm³/mol.